The summed E-state index contributed by atoms with van der Waals surface area (Å²) in [7, 11) is 0. The highest BCUT2D eigenvalue weighted by atomic mass is 35.5. The summed E-state index contributed by atoms with van der Waals surface area (Å²) >= 11 is 5.90. The molecule has 1 aliphatic rings. The van der Waals surface area contributed by atoms with Gasteiger partial charge in [0.25, 0.3) is 0 Å². The number of aryl methyl sites for hydroxylation is 1. The Kier molecular flexibility index (Phi) is 7.50. The Hall–Kier alpha value is -2.65. The van der Waals surface area contributed by atoms with Crippen molar-refractivity contribution in [3.63, 3.8) is 0 Å². The van der Waals surface area contributed by atoms with Crippen molar-refractivity contribution in [2.75, 3.05) is 26.3 Å². The average molecular weight is 451 g/mol. The number of aromatic nitrogens is 2. The Morgan fingerprint density at radius 2 is 2.06 bits per heavy atom. The van der Waals surface area contributed by atoms with Crippen LogP contribution in [0.3, 0.4) is 0 Å². The molecule has 0 radical (unpaired) electrons. The molecule has 1 saturated heterocycles. The molecule has 10 heteroatoms. The van der Waals surface area contributed by atoms with Crippen LogP contribution in [0, 0.1) is 0 Å². The average Bonchev–Trinajstić information content (AvgIpc) is 3.21. The normalized spacial score (nSPS) is 18.9. The number of amides is 2. The minimum Gasteiger partial charge on any atom is -0.490 e. The van der Waals surface area contributed by atoms with Gasteiger partial charge in [-0.05, 0) is 24.3 Å². The Morgan fingerprint density at radius 1 is 1.32 bits per heavy atom. The van der Waals surface area contributed by atoms with Gasteiger partial charge < -0.3 is 24.6 Å². The molecule has 1 fully saturated rings. The Morgan fingerprint density at radius 3 is 2.71 bits per heavy atom. The molecule has 0 saturated carbocycles. The molecule has 1 aromatic heterocycles. The van der Waals surface area contributed by atoms with Crippen molar-refractivity contribution in [3.05, 3.63) is 41.0 Å². The van der Waals surface area contributed by atoms with E-state index in [4.69, 9.17) is 31.3 Å². The highest BCUT2D eigenvalue weighted by Crippen LogP contribution is 2.25. The first kappa shape index (κ1) is 23.0. The molecular weight excluding hydrogens is 424 g/mol. The van der Waals surface area contributed by atoms with E-state index >= 15 is 0 Å². The molecule has 168 valence electrons. The first-order valence-electron chi connectivity index (χ1n) is 10.2. The van der Waals surface area contributed by atoms with E-state index in [1.165, 1.54) is 0 Å². The number of primary amides is 1. The number of ether oxygens (including phenoxy) is 2. The summed E-state index contributed by atoms with van der Waals surface area (Å²) in [6, 6.07) is 6.86. The van der Waals surface area contributed by atoms with E-state index in [1.54, 1.807) is 29.2 Å². The zero-order valence-electron chi connectivity index (χ0n) is 17.7. The van der Waals surface area contributed by atoms with Crippen molar-refractivity contribution in [2.45, 2.75) is 44.6 Å². The van der Waals surface area contributed by atoms with E-state index in [0.29, 0.717) is 35.5 Å². The van der Waals surface area contributed by atoms with Gasteiger partial charge in [0, 0.05) is 30.3 Å². The lowest BCUT2D eigenvalue weighted by Crippen LogP contribution is -2.58. The van der Waals surface area contributed by atoms with Crippen molar-refractivity contribution >= 4 is 23.4 Å². The van der Waals surface area contributed by atoms with Gasteiger partial charge in [-0.1, -0.05) is 30.6 Å². The van der Waals surface area contributed by atoms with Crippen LogP contribution in [0.15, 0.2) is 28.8 Å². The van der Waals surface area contributed by atoms with Gasteiger partial charge in [0.1, 0.15) is 18.0 Å². The number of hydrogen-bond donors (Lipinski definition) is 1. The minimum atomic E-state index is -1.02. The van der Waals surface area contributed by atoms with E-state index in [2.05, 4.69) is 10.1 Å². The maximum Gasteiger partial charge on any atom is 0.227 e. The van der Waals surface area contributed by atoms with Crippen LogP contribution in [0.5, 0.6) is 5.75 Å². The van der Waals surface area contributed by atoms with Crippen LogP contribution in [0.1, 0.15) is 44.3 Å². The summed E-state index contributed by atoms with van der Waals surface area (Å²) in [5.74, 6) is 1.17. The largest absolute Gasteiger partial charge is 0.490 e. The maximum atomic E-state index is 12.8. The fraction of sp³-hybridized carbons (Fsp3) is 0.524. The number of carbonyl (C=O) groups excluding carboxylic acids is 2. The van der Waals surface area contributed by atoms with Crippen LogP contribution in [0.4, 0.5) is 0 Å². The molecule has 0 spiro atoms. The zero-order chi connectivity index (χ0) is 22.4. The standard InChI is InChI=1S/C21H27ClN4O5/c1-14(2)20-24-18(31-25-20)7-8-19(28)26-9-10-30-21(12-26,11-17(23)27)13-29-16-5-3-15(22)4-6-16/h3-6,14H,7-13H2,1-2H3,(H2,23,27)/t21-/m1/s1. The molecule has 2 amide bonds. The van der Waals surface area contributed by atoms with Crippen LogP contribution in [0.2, 0.25) is 5.02 Å². The second-order valence-corrected chi connectivity index (χ2v) is 8.37. The first-order valence-corrected chi connectivity index (χ1v) is 10.5. The molecule has 3 rings (SSSR count). The zero-order valence-corrected chi connectivity index (χ0v) is 18.4. The number of nitrogens with zero attached hydrogens (tertiary/aromatic N) is 3. The Balaban J connectivity index is 1.62. The number of hydrogen-bond acceptors (Lipinski definition) is 7. The lowest BCUT2D eigenvalue weighted by Gasteiger charge is -2.42. The first-order chi connectivity index (χ1) is 14.8. The van der Waals surface area contributed by atoms with Crippen molar-refractivity contribution in [3.8, 4) is 5.75 Å². The van der Waals surface area contributed by atoms with E-state index in [-0.39, 0.29) is 44.4 Å². The van der Waals surface area contributed by atoms with Crippen molar-refractivity contribution in [1.29, 1.82) is 0 Å². The number of halogens is 1. The molecule has 9 nitrogen and oxygen atoms in total. The summed E-state index contributed by atoms with van der Waals surface area (Å²) in [6.07, 6.45) is 0.496. The van der Waals surface area contributed by atoms with Gasteiger partial charge in [0.15, 0.2) is 5.82 Å². The van der Waals surface area contributed by atoms with Gasteiger partial charge >= 0.3 is 0 Å². The number of nitrogens with two attached hydrogens (primary N) is 1. The molecule has 1 atom stereocenters. The third-order valence-corrected chi connectivity index (χ3v) is 5.22. The van der Waals surface area contributed by atoms with Gasteiger partial charge in [-0.15, -0.1) is 0 Å². The second-order valence-electron chi connectivity index (χ2n) is 7.93. The molecule has 2 N–H and O–H groups in total. The summed E-state index contributed by atoms with van der Waals surface area (Å²) in [5, 5.41) is 4.50. The third kappa shape index (κ3) is 6.41. The molecule has 2 heterocycles. The minimum absolute atomic E-state index is 0.0637. The smallest absolute Gasteiger partial charge is 0.227 e. The number of benzene rings is 1. The van der Waals surface area contributed by atoms with Crippen LogP contribution in [-0.2, 0) is 20.7 Å². The summed E-state index contributed by atoms with van der Waals surface area (Å²) in [5.41, 5.74) is 4.44. The Labute approximate surface area is 185 Å². The maximum absolute atomic E-state index is 12.8. The SMILES string of the molecule is CC(C)c1noc(CCC(=O)N2CCO[C@](COc3ccc(Cl)cc3)(CC(N)=O)C2)n1. The molecule has 0 aliphatic carbocycles. The molecule has 31 heavy (non-hydrogen) atoms. The number of rotatable bonds is 9. The molecule has 1 aliphatic heterocycles. The van der Waals surface area contributed by atoms with E-state index in [9.17, 15) is 9.59 Å². The monoisotopic (exact) mass is 450 g/mol. The lowest BCUT2D eigenvalue weighted by molar-refractivity contribution is -0.161. The molecule has 0 unspecified atom stereocenters. The van der Waals surface area contributed by atoms with E-state index < -0.39 is 11.5 Å². The van der Waals surface area contributed by atoms with Gasteiger partial charge in [0.05, 0.1) is 19.6 Å². The van der Waals surface area contributed by atoms with Crippen molar-refractivity contribution in [2.24, 2.45) is 5.73 Å². The summed E-state index contributed by atoms with van der Waals surface area (Å²) in [4.78, 5) is 30.5. The Bertz CT molecular complexity index is 901. The van der Waals surface area contributed by atoms with Crippen LogP contribution in [0.25, 0.3) is 0 Å². The summed E-state index contributed by atoms with van der Waals surface area (Å²) < 4.78 is 16.9. The number of morpholine rings is 1. The van der Waals surface area contributed by atoms with Gasteiger partial charge in [-0.3, -0.25) is 9.59 Å². The van der Waals surface area contributed by atoms with Gasteiger partial charge in [-0.2, -0.15) is 4.98 Å². The topological polar surface area (TPSA) is 121 Å². The van der Waals surface area contributed by atoms with Gasteiger partial charge in [-0.25, -0.2) is 0 Å². The second kappa shape index (κ2) is 10.1. The highest BCUT2D eigenvalue weighted by Gasteiger charge is 2.40. The van der Waals surface area contributed by atoms with E-state index in [1.807, 2.05) is 13.8 Å². The molecule has 0 bridgehead atoms. The molecule has 2 aromatic rings. The summed E-state index contributed by atoms with van der Waals surface area (Å²) in [6.45, 7) is 4.91. The molecule has 1 aromatic carbocycles. The fourth-order valence-electron chi connectivity index (χ4n) is 3.34. The molecular formula is C21H27ClN4O5. The fourth-order valence-corrected chi connectivity index (χ4v) is 3.47. The van der Waals surface area contributed by atoms with Crippen LogP contribution in [-0.4, -0.2) is 58.8 Å². The predicted molar refractivity (Wildman–Crippen MR) is 113 cm³/mol. The van der Waals surface area contributed by atoms with E-state index in [0.717, 1.165) is 0 Å². The van der Waals surface area contributed by atoms with Crippen molar-refractivity contribution < 1.29 is 23.6 Å². The quantitative estimate of drug-likeness (QED) is 0.622. The lowest BCUT2D eigenvalue weighted by atomic mass is 9.97. The highest BCUT2D eigenvalue weighted by molar-refractivity contribution is 6.30. The number of carbonyl (C=O) groups is 2. The predicted octanol–water partition coefficient (Wildman–Crippen LogP) is 2.33. The van der Waals surface area contributed by atoms with Crippen molar-refractivity contribution in [1.82, 2.24) is 15.0 Å². The van der Waals surface area contributed by atoms with Crippen LogP contribution >= 0.6 is 11.6 Å². The van der Waals surface area contributed by atoms with Crippen LogP contribution < -0.4 is 10.5 Å². The van der Waals surface area contributed by atoms with Gasteiger partial charge in [0.2, 0.25) is 17.7 Å². The third-order valence-electron chi connectivity index (χ3n) is 4.97.